The highest BCUT2D eigenvalue weighted by Gasteiger charge is 2.37. The maximum Gasteiger partial charge on any atom is 0.180 e. The van der Waals surface area contributed by atoms with Crippen LogP contribution in [0.15, 0.2) is 48.5 Å². The highest BCUT2D eigenvalue weighted by Crippen LogP contribution is 2.38. The van der Waals surface area contributed by atoms with Crippen molar-refractivity contribution >= 4 is 23.2 Å². The molecule has 92 valence electrons. The van der Waals surface area contributed by atoms with Gasteiger partial charge in [0, 0.05) is 10.0 Å². The maximum absolute atomic E-state index is 5.85. The average Bonchev–Trinajstić information content (AvgIpc) is 3.12. The molecule has 2 atom stereocenters. The van der Waals surface area contributed by atoms with E-state index in [-0.39, 0.29) is 6.23 Å². The van der Waals surface area contributed by atoms with Crippen molar-refractivity contribution in [1.82, 2.24) is 5.06 Å². The standard InChI is InChI=1S/C14H11Cl2NO/c15-12-5-1-10(2-6-12)9-17-14(18-17)11-3-7-13(16)8-4-11/h1-8,14H,9H2. The van der Waals surface area contributed by atoms with E-state index in [2.05, 4.69) is 0 Å². The minimum absolute atomic E-state index is 0.0398. The lowest BCUT2D eigenvalue weighted by Crippen LogP contribution is -1.98. The van der Waals surface area contributed by atoms with Crippen LogP contribution < -0.4 is 0 Å². The van der Waals surface area contributed by atoms with Crippen molar-refractivity contribution in [2.75, 3.05) is 0 Å². The van der Waals surface area contributed by atoms with Gasteiger partial charge in [-0.15, -0.1) is 5.06 Å². The first-order valence-corrected chi connectivity index (χ1v) is 6.41. The third-order valence-corrected chi connectivity index (χ3v) is 3.36. The van der Waals surface area contributed by atoms with Gasteiger partial charge in [0.2, 0.25) is 0 Å². The molecule has 2 aromatic carbocycles. The fourth-order valence-electron chi connectivity index (χ4n) is 1.85. The van der Waals surface area contributed by atoms with Crippen molar-refractivity contribution in [3.05, 3.63) is 69.7 Å². The molecule has 2 unspecified atom stereocenters. The third-order valence-electron chi connectivity index (χ3n) is 2.86. The summed E-state index contributed by atoms with van der Waals surface area (Å²) in [6, 6.07) is 15.5. The SMILES string of the molecule is Clc1ccc(CN2OC2c2ccc(Cl)cc2)cc1. The van der Waals surface area contributed by atoms with Gasteiger partial charge in [-0.2, -0.15) is 0 Å². The molecule has 0 saturated carbocycles. The highest BCUT2D eigenvalue weighted by molar-refractivity contribution is 6.30. The summed E-state index contributed by atoms with van der Waals surface area (Å²) in [6.07, 6.45) is 0.0398. The zero-order valence-electron chi connectivity index (χ0n) is 9.51. The minimum atomic E-state index is 0.0398. The van der Waals surface area contributed by atoms with Crippen LogP contribution in [0.1, 0.15) is 17.4 Å². The van der Waals surface area contributed by atoms with E-state index in [9.17, 15) is 0 Å². The van der Waals surface area contributed by atoms with Crippen molar-refractivity contribution in [2.45, 2.75) is 12.8 Å². The van der Waals surface area contributed by atoms with Crippen LogP contribution in [0.25, 0.3) is 0 Å². The summed E-state index contributed by atoms with van der Waals surface area (Å²) < 4.78 is 0. The molecule has 3 rings (SSSR count). The van der Waals surface area contributed by atoms with Gasteiger partial charge in [-0.1, -0.05) is 47.5 Å². The normalized spacial score (nSPS) is 21.9. The van der Waals surface area contributed by atoms with Gasteiger partial charge in [-0.25, -0.2) is 0 Å². The van der Waals surface area contributed by atoms with Crippen molar-refractivity contribution in [3.8, 4) is 0 Å². The van der Waals surface area contributed by atoms with E-state index < -0.39 is 0 Å². The van der Waals surface area contributed by atoms with Crippen molar-refractivity contribution < 1.29 is 4.84 Å². The van der Waals surface area contributed by atoms with Gasteiger partial charge in [0.05, 0.1) is 6.54 Å². The largest absolute Gasteiger partial charge is 0.270 e. The van der Waals surface area contributed by atoms with Crippen LogP contribution >= 0.6 is 23.2 Å². The Morgan fingerprint density at radius 3 is 2.06 bits per heavy atom. The molecule has 0 N–H and O–H groups in total. The molecule has 0 aromatic heterocycles. The third kappa shape index (κ3) is 2.68. The van der Waals surface area contributed by atoms with Crippen molar-refractivity contribution in [1.29, 1.82) is 0 Å². The molecule has 2 nitrogen and oxygen atoms in total. The van der Waals surface area contributed by atoms with E-state index in [1.165, 1.54) is 5.56 Å². The molecular formula is C14H11Cl2NO. The van der Waals surface area contributed by atoms with Crippen molar-refractivity contribution in [3.63, 3.8) is 0 Å². The van der Waals surface area contributed by atoms with Gasteiger partial charge in [0.1, 0.15) is 0 Å². The molecule has 2 aromatic rings. The molecule has 4 heteroatoms. The summed E-state index contributed by atoms with van der Waals surface area (Å²) in [7, 11) is 0. The van der Waals surface area contributed by atoms with Gasteiger partial charge in [-0.3, -0.25) is 4.84 Å². The first-order valence-electron chi connectivity index (χ1n) is 5.66. The highest BCUT2D eigenvalue weighted by atomic mass is 35.5. The van der Waals surface area contributed by atoms with E-state index in [1.807, 2.05) is 53.6 Å². The van der Waals surface area contributed by atoms with E-state index in [1.54, 1.807) is 0 Å². The summed E-state index contributed by atoms with van der Waals surface area (Å²) in [5, 5.41) is 3.41. The fraction of sp³-hybridized carbons (Fsp3) is 0.143. The number of rotatable bonds is 3. The van der Waals surface area contributed by atoms with Gasteiger partial charge in [0.25, 0.3) is 0 Å². The molecule has 18 heavy (non-hydrogen) atoms. The minimum Gasteiger partial charge on any atom is -0.270 e. The quantitative estimate of drug-likeness (QED) is 0.772. The van der Waals surface area contributed by atoms with Crippen molar-refractivity contribution in [2.24, 2.45) is 0 Å². The lowest BCUT2D eigenvalue weighted by Gasteiger charge is -2.00. The average molecular weight is 280 g/mol. The Morgan fingerprint density at radius 2 is 1.44 bits per heavy atom. The van der Waals surface area contributed by atoms with E-state index in [0.29, 0.717) is 0 Å². The number of hydrogen-bond donors (Lipinski definition) is 0. The van der Waals surface area contributed by atoms with Crippen LogP contribution in [0.2, 0.25) is 10.0 Å². The molecular weight excluding hydrogens is 269 g/mol. The van der Waals surface area contributed by atoms with Gasteiger partial charge in [0.15, 0.2) is 6.23 Å². The van der Waals surface area contributed by atoms with Gasteiger partial charge in [-0.05, 0) is 35.4 Å². The Morgan fingerprint density at radius 1 is 0.889 bits per heavy atom. The predicted octanol–water partition coefficient (Wildman–Crippen LogP) is 4.44. The van der Waals surface area contributed by atoms with Crippen LogP contribution in [-0.2, 0) is 11.4 Å². The molecule has 0 amide bonds. The Kier molecular flexibility index (Phi) is 3.27. The van der Waals surface area contributed by atoms with Gasteiger partial charge >= 0.3 is 0 Å². The molecule has 1 saturated heterocycles. The summed E-state index contributed by atoms with van der Waals surface area (Å²) in [4.78, 5) is 5.53. The Hall–Kier alpha value is -1.06. The number of hydrogen-bond acceptors (Lipinski definition) is 2. The monoisotopic (exact) mass is 279 g/mol. The smallest absolute Gasteiger partial charge is 0.180 e. The molecule has 1 aliphatic heterocycles. The van der Waals surface area contributed by atoms with Crippen LogP contribution in [-0.4, -0.2) is 5.06 Å². The molecule has 1 fully saturated rings. The topological polar surface area (TPSA) is 15.5 Å². The van der Waals surface area contributed by atoms with E-state index in [4.69, 9.17) is 28.0 Å². The molecule has 0 bridgehead atoms. The first kappa shape index (κ1) is 12.0. The van der Waals surface area contributed by atoms with Crippen LogP contribution in [0.4, 0.5) is 0 Å². The molecule has 0 spiro atoms. The summed E-state index contributed by atoms with van der Waals surface area (Å²) >= 11 is 11.7. The Balaban J connectivity index is 1.64. The lowest BCUT2D eigenvalue weighted by molar-refractivity contribution is 0.192. The van der Waals surface area contributed by atoms with Gasteiger partial charge < -0.3 is 0 Å². The number of nitrogens with zero attached hydrogens (tertiary/aromatic N) is 1. The Labute approximate surface area is 116 Å². The lowest BCUT2D eigenvalue weighted by atomic mass is 10.2. The summed E-state index contributed by atoms with van der Waals surface area (Å²) in [5.74, 6) is 0. The zero-order chi connectivity index (χ0) is 12.5. The number of hydroxylamine groups is 2. The maximum atomic E-state index is 5.85. The Bertz CT molecular complexity index is 539. The van der Waals surface area contributed by atoms with Crippen LogP contribution in [0, 0.1) is 0 Å². The predicted molar refractivity (Wildman–Crippen MR) is 72.3 cm³/mol. The van der Waals surface area contributed by atoms with Crippen LogP contribution in [0.5, 0.6) is 0 Å². The van der Waals surface area contributed by atoms with E-state index >= 15 is 0 Å². The molecule has 0 aliphatic carbocycles. The number of benzene rings is 2. The summed E-state index contributed by atoms with van der Waals surface area (Å²) in [5.41, 5.74) is 2.30. The second-order valence-corrected chi connectivity index (χ2v) is 5.08. The fourth-order valence-corrected chi connectivity index (χ4v) is 2.10. The van der Waals surface area contributed by atoms with E-state index in [0.717, 1.165) is 22.2 Å². The first-order chi connectivity index (χ1) is 8.72. The number of halogens is 2. The second-order valence-electron chi connectivity index (χ2n) is 4.21. The molecule has 1 aliphatic rings. The second kappa shape index (κ2) is 4.90. The van der Waals surface area contributed by atoms with Crippen LogP contribution in [0.3, 0.4) is 0 Å². The summed E-state index contributed by atoms with van der Waals surface area (Å²) in [6.45, 7) is 0.754. The molecule has 0 radical (unpaired) electrons. The zero-order valence-corrected chi connectivity index (χ0v) is 11.0. The molecule has 1 heterocycles.